The van der Waals surface area contributed by atoms with Gasteiger partial charge in [0.1, 0.15) is 17.8 Å². The van der Waals surface area contributed by atoms with Crippen molar-refractivity contribution in [2.24, 2.45) is 0 Å². The summed E-state index contributed by atoms with van der Waals surface area (Å²) in [5.41, 5.74) is 14.9. The average molecular weight is 454 g/mol. The van der Waals surface area contributed by atoms with Gasteiger partial charge in [0.05, 0.1) is 5.92 Å². The number of nitrogens with two attached hydrogens (primary N) is 1. The molecule has 1 heterocycles. The molecule has 0 bridgehead atoms. The molecule has 0 aliphatic carbocycles. The molecule has 1 aromatic heterocycles. The molecule has 4 aromatic rings. The summed E-state index contributed by atoms with van der Waals surface area (Å²) in [6, 6.07) is 26.9. The maximum Gasteiger partial charge on any atom is 0.250 e. The Morgan fingerprint density at radius 2 is 1.41 bits per heavy atom. The van der Waals surface area contributed by atoms with Crippen molar-refractivity contribution in [3.8, 4) is 11.6 Å². The number of nitrogen functional groups attached to an aromatic ring is 1. The summed E-state index contributed by atoms with van der Waals surface area (Å²) in [5.74, 6) is 0.727. The molecule has 0 radical (unpaired) electrons. The van der Waals surface area contributed by atoms with Gasteiger partial charge >= 0.3 is 0 Å². The molecule has 0 fully saturated rings. The maximum absolute atomic E-state index is 13.2. The van der Waals surface area contributed by atoms with Gasteiger partial charge in [-0.05, 0) is 34.7 Å². The second kappa shape index (κ2) is 10.5. The number of anilines is 2. The van der Waals surface area contributed by atoms with Gasteiger partial charge in [0.2, 0.25) is 11.8 Å². The number of aromatic nitrogens is 2. The van der Waals surface area contributed by atoms with Gasteiger partial charge in [-0.25, -0.2) is 4.98 Å². The van der Waals surface area contributed by atoms with Gasteiger partial charge in [-0.3, -0.25) is 15.6 Å². The summed E-state index contributed by atoms with van der Waals surface area (Å²) in [5, 5.41) is 0. The zero-order chi connectivity index (χ0) is 23.9. The maximum atomic E-state index is 13.2. The molecule has 0 aliphatic heterocycles. The van der Waals surface area contributed by atoms with Crippen LogP contribution in [0, 0.1) is 0 Å². The zero-order valence-electron chi connectivity index (χ0n) is 19.1. The van der Waals surface area contributed by atoms with Crippen LogP contribution in [0.4, 0.5) is 11.5 Å². The van der Waals surface area contributed by atoms with Gasteiger partial charge in [-0.1, -0.05) is 86.6 Å². The van der Waals surface area contributed by atoms with Crippen molar-refractivity contribution in [2.75, 3.05) is 11.2 Å². The van der Waals surface area contributed by atoms with Crippen LogP contribution < -0.4 is 21.3 Å². The predicted octanol–water partition coefficient (Wildman–Crippen LogP) is 5.25. The van der Waals surface area contributed by atoms with Crippen LogP contribution in [0.2, 0.25) is 0 Å². The highest BCUT2D eigenvalue weighted by atomic mass is 16.5. The minimum atomic E-state index is -0.506. The number of nitrogens with one attached hydrogen (secondary N) is 2. The number of amides is 1. The fraction of sp³-hybridized carbons (Fsp3) is 0.148. The van der Waals surface area contributed by atoms with E-state index in [4.69, 9.17) is 10.5 Å². The van der Waals surface area contributed by atoms with E-state index in [-0.39, 0.29) is 23.3 Å². The number of hydrogen-bond donors (Lipinski definition) is 3. The second-order valence-corrected chi connectivity index (χ2v) is 8.14. The Labute approximate surface area is 199 Å². The standard InChI is InChI=1S/C27H27N5O2/c1-18(2)19-13-15-22(16-14-19)34-27-24(28)25(29-17-30-27)31-32-26(33)23(20-9-5-3-6-10-20)21-11-7-4-8-12-21/h3-18,23H,28H2,1-2H3,(H,32,33)(H,29,30,31). The molecule has 7 nitrogen and oxygen atoms in total. The lowest BCUT2D eigenvalue weighted by Gasteiger charge is -2.19. The Kier molecular flexibility index (Phi) is 7.03. The van der Waals surface area contributed by atoms with E-state index < -0.39 is 5.92 Å². The number of carbonyl (C=O) groups is 1. The third-order valence-corrected chi connectivity index (χ3v) is 5.44. The van der Waals surface area contributed by atoms with Crippen molar-refractivity contribution >= 4 is 17.4 Å². The van der Waals surface area contributed by atoms with E-state index in [0.717, 1.165) is 11.1 Å². The molecule has 7 heteroatoms. The average Bonchev–Trinajstić information content (AvgIpc) is 2.86. The fourth-order valence-electron chi connectivity index (χ4n) is 3.57. The number of rotatable bonds is 8. The molecule has 172 valence electrons. The number of hydrogen-bond acceptors (Lipinski definition) is 6. The third-order valence-electron chi connectivity index (χ3n) is 5.44. The molecule has 34 heavy (non-hydrogen) atoms. The summed E-state index contributed by atoms with van der Waals surface area (Å²) in [4.78, 5) is 21.5. The number of carbonyl (C=O) groups excluding carboxylic acids is 1. The van der Waals surface area contributed by atoms with E-state index in [1.54, 1.807) is 0 Å². The van der Waals surface area contributed by atoms with Crippen LogP contribution in [0.3, 0.4) is 0 Å². The molecule has 4 rings (SSSR count). The van der Waals surface area contributed by atoms with Crippen molar-refractivity contribution in [1.29, 1.82) is 0 Å². The number of hydrazine groups is 1. The summed E-state index contributed by atoms with van der Waals surface area (Å²) in [6.07, 6.45) is 1.33. The van der Waals surface area contributed by atoms with Crippen LogP contribution >= 0.6 is 0 Å². The quantitative estimate of drug-likeness (QED) is 0.315. The molecule has 0 aliphatic rings. The van der Waals surface area contributed by atoms with E-state index in [0.29, 0.717) is 11.7 Å². The molecule has 0 unspecified atom stereocenters. The Morgan fingerprint density at radius 1 is 0.824 bits per heavy atom. The van der Waals surface area contributed by atoms with Crippen molar-refractivity contribution in [2.45, 2.75) is 25.7 Å². The lowest BCUT2D eigenvalue weighted by Crippen LogP contribution is -2.35. The lowest BCUT2D eigenvalue weighted by atomic mass is 9.91. The van der Waals surface area contributed by atoms with E-state index >= 15 is 0 Å². The molecular weight excluding hydrogens is 426 g/mol. The lowest BCUT2D eigenvalue weighted by molar-refractivity contribution is -0.121. The van der Waals surface area contributed by atoms with Crippen molar-refractivity contribution in [3.63, 3.8) is 0 Å². The monoisotopic (exact) mass is 453 g/mol. The van der Waals surface area contributed by atoms with E-state index in [1.165, 1.54) is 11.9 Å². The fourth-order valence-corrected chi connectivity index (χ4v) is 3.57. The Morgan fingerprint density at radius 3 is 1.97 bits per heavy atom. The van der Waals surface area contributed by atoms with Gasteiger partial charge in [0, 0.05) is 0 Å². The molecule has 4 N–H and O–H groups in total. The minimum Gasteiger partial charge on any atom is -0.437 e. The summed E-state index contributed by atoms with van der Waals surface area (Å²) in [6.45, 7) is 4.26. The topological polar surface area (TPSA) is 102 Å². The van der Waals surface area contributed by atoms with Crippen LogP contribution in [-0.4, -0.2) is 15.9 Å². The Balaban J connectivity index is 1.50. The van der Waals surface area contributed by atoms with Crippen LogP contribution in [0.25, 0.3) is 0 Å². The van der Waals surface area contributed by atoms with Gasteiger partial charge in [-0.2, -0.15) is 4.98 Å². The molecule has 0 saturated heterocycles. The summed E-state index contributed by atoms with van der Waals surface area (Å²) >= 11 is 0. The number of nitrogens with zero attached hydrogens (tertiary/aromatic N) is 2. The van der Waals surface area contributed by atoms with Gasteiger partial charge in [-0.15, -0.1) is 0 Å². The first-order valence-electron chi connectivity index (χ1n) is 11.1. The number of benzene rings is 3. The first kappa shape index (κ1) is 22.8. The molecule has 3 aromatic carbocycles. The minimum absolute atomic E-state index is 0.187. The van der Waals surface area contributed by atoms with Gasteiger partial charge in [0.25, 0.3) is 0 Å². The highest BCUT2D eigenvalue weighted by molar-refractivity contribution is 5.88. The summed E-state index contributed by atoms with van der Waals surface area (Å²) in [7, 11) is 0. The first-order valence-corrected chi connectivity index (χ1v) is 11.1. The van der Waals surface area contributed by atoms with Crippen molar-refractivity contribution in [3.05, 3.63) is 108 Å². The van der Waals surface area contributed by atoms with Crippen LogP contribution in [0.5, 0.6) is 11.6 Å². The van der Waals surface area contributed by atoms with Crippen LogP contribution in [-0.2, 0) is 4.79 Å². The SMILES string of the molecule is CC(C)c1ccc(Oc2ncnc(NNC(=O)C(c3ccccc3)c3ccccc3)c2N)cc1. The number of ether oxygens (including phenoxy) is 1. The zero-order valence-corrected chi connectivity index (χ0v) is 19.1. The highest BCUT2D eigenvalue weighted by Crippen LogP contribution is 2.30. The van der Waals surface area contributed by atoms with E-state index in [9.17, 15) is 4.79 Å². The highest BCUT2D eigenvalue weighted by Gasteiger charge is 2.23. The smallest absolute Gasteiger partial charge is 0.250 e. The predicted molar refractivity (Wildman–Crippen MR) is 134 cm³/mol. The normalized spacial score (nSPS) is 10.8. The van der Waals surface area contributed by atoms with Crippen molar-refractivity contribution < 1.29 is 9.53 Å². The first-order chi connectivity index (χ1) is 16.5. The second-order valence-electron chi connectivity index (χ2n) is 8.14. The summed E-state index contributed by atoms with van der Waals surface area (Å²) < 4.78 is 5.85. The van der Waals surface area contributed by atoms with E-state index in [1.807, 2.05) is 84.9 Å². The van der Waals surface area contributed by atoms with Gasteiger partial charge < -0.3 is 10.5 Å². The molecule has 0 saturated carbocycles. The van der Waals surface area contributed by atoms with E-state index in [2.05, 4.69) is 34.7 Å². The Hall–Kier alpha value is -4.39. The largest absolute Gasteiger partial charge is 0.437 e. The molecule has 0 spiro atoms. The molecular formula is C27H27N5O2. The van der Waals surface area contributed by atoms with Crippen LogP contribution in [0.15, 0.2) is 91.3 Å². The Bertz CT molecular complexity index is 1190. The van der Waals surface area contributed by atoms with Gasteiger partial charge in [0.15, 0.2) is 5.82 Å². The van der Waals surface area contributed by atoms with Crippen LogP contribution in [0.1, 0.15) is 42.4 Å². The van der Waals surface area contributed by atoms with Crippen molar-refractivity contribution in [1.82, 2.24) is 15.4 Å². The molecule has 1 amide bonds. The molecule has 0 atom stereocenters. The third kappa shape index (κ3) is 5.32.